The van der Waals surface area contributed by atoms with Gasteiger partial charge >= 0.3 is 29.3 Å². The van der Waals surface area contributed by atoms with Crippen molar-refractivity contribution in [2.24, 2.45) is 0 Å². The Hall–Kier alpha value is -0.798. The van der Waals surface area contributed by atoms with Crippen molar-refractivity contribution in [1.29, 1.82) is 0 Å². The molecule has 17 heteroatoms. The van der Waals surface area contributed by atoms with E-state index in [0.717, 1.165) is 0 Å². The number of carbonyl (C=O) groups is 2. The van der Waals surface area contributed by atoms with Gasteiger partial charge < -0.3 is 36.2 Å². The van der Waals surface area contributed by atoms with Gasteiger partial charge in [0.2, 0.25) is 0 Å². The summed E-state index contributed by atoms with van der Waals surface area (Å²) in [7, 11) is -10.6. The molecule has 0 heterocycles. The number of hydrogen-bond donors (Lipinski definition) is 5. The fourth-order valence-electron chi connectivity index (χ4n) is 0.479. The third-order valence-electron chi connectivity index (χ3n) is 0.995. The van der Waals surface area contributed by atoms with E-state index >= 15 is 0 Å². The zero-order chi connectivity index (χ0) is 17.1. The molecular weight excluding hydrogens is 379 g/mol. The molecule has 0 rings (SSSR count). The Bertz CT molecular complexity index is 520. The van der Waals surface area contributed by atoms with Crippen LogP contribution < -0.4 is 0 Å². The molecule has 0 amide bonds. The van der Waals surface area contributed by atoms with Crippen molar-refractivity contribution in [2.45, 2.75) is 11.7 Å². The van der Waals surface area contributed by atoms with Gasteiger partial charge in [-0.1, -0.05) is 0 Å². The number of aliphatic carboxylic acids is 2. The van der Waals surface area contributed by atoms with Gasteiger partial charge in [-0.3, -0.25) is 14.1 Å². The first-order chi connectivity index (χ1) is 8.71. The van der Waals surface area contributed by atoms with E-state index < -0.39 is 55.7 Å². The maximum absolute atomic E-state index is 10.2. The third kappa shape index (κ3) is 32.6. The maximum atomic E-state index is 10.2. The summed E-state index contributed by atoms with van der Waals surface area (Å²) >= 11 is 0. The molecule has 0 aliphatic carbocycles. The van der Waals surface area contributed by atoms with Crippen LogP contribution in [0.1, 0.15) is 6.42 Å². The fraction of sp³-hybridized carbons (Fsp3) is 0.500. The van der Waals surface area contributed by atoms with Gasteiger partial charge in [-0.15, -0.1) is 0 Å². The Balaban J connectivity index is -0.000000134. The average Bonchev–Trinajstić information content (AvgIpc) is 2.09. The van der Waals surface area contributed by atoms with E-state index in [0.29, 0.717) is 0 Å². The van der Waals surface area contributed by atoms with E-state index in [1.54, 1.807) is 0 Å². The zero-order valence-electron chi connectivity index (χ0n) is 9.72. The summed E-state index contributed by atoms with van der Waals surface area (Å²) < 4.78 is 76.8. The molecule has 0 saturated heterocycles. The van der Waals surface area contributed by atoms with Gasteiger partial charge in [0, 0.05) is 22.0 Å². The van der Waals surface area contributed by atoms with Crippen LogP contribution in [0.2, 0.25) is 0 Å². The summed E-state index contributed by atoms with van der Waals surface area (Å²) in [5.74, 6) is -3.50. The van der Waals surface area contributed by atoms with E-state index in [9.17, 15) is 18.0 Å². The van der Waals surface area contributed by atoms with Crippen LogP contribution in [0.4, 0.5) is 0 Å². The zero-order valence-corrected chi connectivity index (χ0v) is 13.6. The second-order valence-electron chi connectivity index (χ2n) is 2.37. The van der Waals surface area contributed by atoms with Crippen LogP contribution in [0.15, 0.2) is 0 Å². The first-order valence-electron chi connectivity index (χ1n) is 3.69. The van der Waals surface area contributed by atoms with Gasteiger partial charge in [0.05, 0.1) is 6.42 Å². The molecule has 0 aliphatic heterocycles. The normalized spacial score (nSPS) is 11.1. The molecular formula is C4H9AlO13S3. The van der Waals surface area contributed by atoms with Crippen molar-refractivity contribution >= 4 is 61.4 Å². The molecule has 1 unspecified atom stereocenters. The van der Waals surface area contributed by atoms with Crippen LogP contribution in [-0.4, -0.2) is 66.8 Å². The third-order valence-corrected chi connectivity index (χ3v) is 2.08. The molecule has 13 nitrogen and oxygen atoms in total. The first-order valence-corrected chi connectivity index (χ1v) is 7.26. The predicted molar refractivity (Wildman–Crippen MR) is 65.1 cm³/mol. The second kappa shape index (κ2) is 14.2. The van der Waals surface area contributed by atoms with Crippen molar-refractivity contribution in [2.75, 3.05) is 0 Å². The van der Waals surface area contributed by atoms with Gasteiger partial charge in [-0.25, -0.2) is 0 Å². The number of rotatable bonds is 4. The van der Waals surface area contributed by atoms with E-state index in [-0.39, 0.29) is 17.4 Å². The second-order valence-corrected chi connectivity index (χ2v) is 4.84. The molecule has 1 atom stereocenters. The monoisotopic (exact) mass is 388 g/mol. The minimum absolute atomic E-state index is 0. The molecule has 0 aliphatic rings. The van der Waals surface area contributed by atoms with Gasteiger partial charge in [0.1, 0.15) is 0 Å². The van der Waals surface area contributed by atoms with Crippen LogP contribution in [0.25, 0.3) is 0 Å². The quantitative estimate of drug-likeness (QED) is 0.147. The molecule has 124 valence electrons. The van der Waals surface area contributed by atoms with Crippen LogP contribution in [0.3, 0.4) is 0 Å². The molecule has 0 aromatic rings. The fourth-order valence-corrected chi connectivity index (χ4v) is 1.09. The number of carboxylic acids is 2. The van der Waals surface area contributed by atoms with Crippen molar-refractivity contribution in [1.82, 2.24) is 0 Å². The minimum atomic E-state index is -4.84. The Labute approximate surface area is 132 Å². The first kappa shape index (κ1) is 28.4. The van der Waals surface area contributed by atoms with Crippen LogP contribution in [0.5, 0.6) is 0 Å². The SMILES string of the molecule is O=C(O)CC(C(=O)O)S(=O)(=O)O.O=[S-](=O)O.O=[S-](=O)O.[AlH+2]. The summed E-state index contributed by atoms with van der Waals surface area (Å²) in [6.45, 7) is 0. The van der Waals surface area contributed by atoms with Gasteiger partial charge in [0.15, 0.2) is 5.25 Å². The Morgan fingerprint density at radius 1 is 0.952 bits per heavy atom. The predicted octanol–water partition coefficient (Wildman–Crippen LogP) is -2.31. The molecule has 0 aromatic carbocycles. The summed E-state index contributed by atoms with van der Waals surface area (Å²) in [6.07, 6.45) is -1.16. The standard InChI is InChI=1S/C4H6O7S.Al.2HO3S.H/c5-3(6)1-2(4(7)8)12(9,10)11;;2*1-4(2)3;/h2H,1H2,(H,5,6)(H,7,8)(H,9,10,11);;2*(H,1,2,3);/q;+2;2*-1;. The Morgan fingerprint density at radius 3 is 1.24 bits per heavy atom. The van der Waals surface area contributed by atoms with E-state index in [4.69, 9.17) is 40.7 Å². The molecule has 0 fully saturated rings. The molecule has 0 spiro atoms. The van der Waals surface area contributed by atoms with Crippen molar-refractivity contribution in [3.63, 3.8) is 0 Å². The van der Waals surface area contributed by atoms with Gasteiger partial charge in [-0.2, -0.15) is 8.42 Å². The van der Waals surface area contributed by atoms with Crippen LogP contribution in [-0.2, 0) is 58.5 Å². The van der Waals surface area contributed by atoms with E-state index in [2.05, 4.69) is 0 Å². The topological polar surface area (TPSA) is 238 Å². The molecule has 0 saturated carbocycles. The van der Waals surface area contributed by atoms with Crippen molar-refractivity contribution in [3.8, 4) is 0 Å². The van der Waals surface area contributed by atoms with Crippen LogP contribution in [0, 0.1) is 0 Å². The number of carboxylic acid groups (broad SMARTS) is 2. The van der Waals surface area contributed by atoms with E-state index in [1.165, 1.54) is 0 Å². The summed E-state index contributed by atoms with van der Waals surface area (Å²) in [5, 5.41) is 13.9. The molecule has 0 radical (unpaired) electrons. The molecule has 0 bridgehead atoms. The summed E-state index contributed by atoms with van der Waals surface area (Å²) in [5.41, 5.74) is 0. The van der Waals surface area contributed by atoms with Crippen LogP contribution >= 0.6 is 0 Å². The van der Waals surface area contributed by atoms with Crippen molar-refractivity contribution < 1.29 is 58.7 Å². The average molecular weight is 388 g/mol. The molecule has 5 N–H and O–H groups in total. The number of hydrogen-bond acceptors (Lipinski definition) is 10. The Morgan fingerprint density at radius 2 is 1.19 bits per heavy atom. The summed E-state index contributed by atoms with van der Waals surface area (Å²) in [4.78, 5) is 20.0. The molecule has 0 aromatic heterocycles. The van der Waals surface area contributed by atoms with E-state index in [1.807, 2.05) is 0 Å². The summed E-state index contributed by atoms with van der Waals surface area (Å²) in [6, 6.07) is 0. The Kier molecular flexibility index (Phi) is 19.1. The van der Waals surface area contributed by atoms with Crippen molar-refractivity contribution in [3.05, 3.63) is 0 Å². The van der Waals surface area contributed by atoms with Gasteiger partial charge in [0.25, 0.3) is 10.1 Å². The molecule has 21 heavy (non-hydrogen) atoms. The van der Waals surface area contributed by atoms with Gasteiger partial charge in [-0.05, 0) is 0 Å².